The summed E-state index contributed by atoms with van der Waals surface area (Å²) in [6, 6.07) is 9.62. The number of nitrogens with zero attached hydrogens (tertiary/aromatic N) is 5. The Morgan fingerprint density at radius 3 is 1.69 bits per heavy atom. The number of non-ortho nitro benzene ring substituents is 1. The van der Waals surface area contributed by atoms with Gasteiger partial charge in [0.1, 0.15) is 0 Å². The molecular weight excluding hydrogens is 366 g/mol. The van der Waals surface area contributed by atoms with E-state index in [-0.39, 0.29) is 29.9 Å². The lowest BCUT2D eigenvalue weighted by molar-refractivity contribution is -0.384. The van der Waals surface area contributed by atoms with Crippen LogP contribution in [-0.4, -0.2) is 39.3 Å². The van der Waals surface area contributed by atoms with Crippen LogP contribution in [0.4, 0.5) is 17.2 Å². The van der Waals surface area contributed by atoms with Gasteiger partial charge in [-0.3, -0.25) is 10.1 Å². The first-order valence-corrected chi connectivity index (χ1v) is 10.2. The Hall–Kier alpha value is -2.70. The highest BCUT2D eigenvalue weighted by Crippen LogP contribution is 2.35. The van der Waals surface area contributed by atoms with Crippen molar-refractivity contribution >= 4 is 17.2 Å². The van der Waals surface area contributed by atoms with Crippen molar-refractivity contribution in [2.45, 2.75) is 79.6 Å². The van der Waals surface area contributed by atoms with E-state index in [0.29, 0.717) is 5.69 Å². The molecule has 1 aromatic carbocycles. The van der Waals surface area contributed by atoms with E-state index in [1.807, 2.05) is 0 Å². The van der Waals surface area contributed by atoms with Crippen LogP contribution in [0.3, 0.4) is 0 Å². The molecule has 0 aliphatic carbocycles. The van der Waals surface area contributed by atoms with Gasteiger partial charge in [0, 0.05) is 41.9 Å². The molecule has 0 amide bonds. The van der Waals surface area contributed by atoms with E-state index >= 15 is 0 Å². The van der Waals surface area contributed by atoms with E-state index in [2.05, 4.69) is 81.5 Å². The molecule has 0 saturated carbocycles. The van der Waals surface area contributed by atoms with Crippen LogP contribution in [-0.2, 0) is 0 Å². The van der Waals surface area contributed by atoms with E-state index < -0.39 is 4.92 Å². The molecule has 0 aliphatic rings. The van der Waals surface area contributed by atoms with Crippen molar-refractivity contribution in [3.05, 3.63) is 40.4 Å². The molecule has 29 heavy (non-hydrogen) atoms. The molecule has 1 aromatic heterocycles. The molecule has 0 unspecified atom stereocenters. The SMILES string of the molecule is CC(C)N(c1cc(-c2ccc([N+](=O)[O-])cc2)nnc1N(C(C)C)C(C)C)C(C)C. The van der Waals surface area contributed by atoms with Gasteiger partial charge < -0.3 is 9.80 Å². The molecule has 0 spiro atoms. The zero-order valence-corrected chi connectivity index (χ0v) is 18.7. The smallest absolute Gasteiger partial charge is 0.269 e. The summed E-state index contributed by atoms with van der Waals surface area (Å²) < 4.78 is 0. The molecule has 7 nitrogen and oxygen atoms in total. The molecule has 0 fully saturated rings. The van der Waals surface area contributed by atoms with Crippen LogP contribution in [0.5, 0.6) is 0 Å². The summed E-state index contributed by atoms with van der Waals surface area (Å²) in [4.78, 5) is 15.2. The van der Waals surface area contributed by atoms with Crippen molar-refractivity contribution in [1.29, 1.82) is 0 Å². The Bertz CT molecular complexity index is 816. The third kappa shape index (κ3) is 5.02. The Morgan fingerprint density at radius 2 is 1.28 bits per heavy atom. The molecule has 0 aliphatic heterocycles. The van der Waals surface area contributed by atoms with E-state index in [9.17, 15) is 10.1 Å². The van der Waals surface area contributed by atoms with Crippen molar-refractivity contribution < 1.29 is 4.92 Å². The number of anilines is 2. The molecule has 1 heterocycles. The van der Waals surface area contributed by atoms with Gasteiger partial charge in [-0.2, -0.15) is 0 Å². The summed E-state index contributed by atoms with van der Waals surface area (Å²) >= 11 is 0. The van der Waals surface area contributed by atoms with Gasteiger partial charge in [-0.05, 0) is 73.6 Å². The lowest BCUT2D eigenvalue weighted by Gasteiger charge is -2.39. The molecule has 2 aromatic rings. The summed E-state index contributed by atoms with van der Waals surface area (Å²) in [6.45, 7) is 17.3. The second kappa shape index (κ2) is 9.20. The van der Waals surface area contributed by atoms with Gasteiger partial charge in [0.05, 0.1) is 16.3 Å². The van der Waals surface area contributed by atoms with Gasteiger partial charge in [0.2, 0.25) is 0 Å². The number of rotatable bonds is 8. The monoisotopic (exact) mass is 399 g/mol. The minimum atomic E-state index is -0.396. The first-order chi connectivity index (χ1) is 13.5. The number of aromatic nitrogens is 2. The molecule has 7 heteroatoms. The zero-order chi connectivity index (χ0) is 21.9. The molecule has 158 valence electrons. The highest BCUT2D eigenvalue weighted by molar-refractivity contribution is 5.74. The Morgan fingerprint density at radius 1 is 0.793 bits per heavy atom. The molecular formula is C22H33N5O2. The standard InChI is InChI=1S/C22H33N5O2/c1-14(2)25(15(3)4)21-13-20(18-9-11-19(12-10-18)27(28)29)23-24-22(21)26(16(5)6)17(7)8/h9-17H,1-8H3. The zero-order valence-electron chi connectivity index (χ0n) is 18.7. The van der Waals surface area contributed by atoms with Crippen LogP contribution in [0.1, 0.15) is 55.4 Å². The molecule has 0 bridgehead atoms. The summed E-state index contributed by atoms with van der Waals surface area (Å²) in [5.41, 5.74) is 2.61. The maximum absolute atomic E-state index is 11.0. The summed E-state index contributed by atoms with van der Waals surface area (Å²) in [5.74, 6) is 0.864. The van der Waals surface area contributed by atoms with Crippen LogP contribution >= 0.6 is 0 Å². The van der Waals surface area contributed by atoms with Gasteiger partial charge >= 0.3 is 0 Å². The van der Waals surface area contributed by atoms with Crippen molar-refractivity contribution in [1.82, 2.24) is 10.2 Å². The van der Waals surface area contributed by atoms with Crippen LogP contribution in [0.25, 0.3) is 11.3 Å². The van der Waals surface area contributed by atoms with E-state index in [0.717, 1.165) is 17.1 Å². The van der Waals surface area contributed by atoms with Gasteiger partial charge in [-0.15, -0.1) is 10.2 Å². The first kappa shape index (κ1) is 22.6. The molecule has 0 N–H and O–H groups in total. The van der Waals surface area contributed by atoms with Gasteiger partial charge in [-0.1, -0.05) is 0 Å². The maximum atomic E-state index is 11.0. The van der Waals surface area contributed by atoms with E-state index in [4.69, 9.17) is 0 Å². The molecule has 2 rings (SSSR count). The van der Waals surface area contributed by atoms with Crippen LogP contribution in [0.15, 0.2) is 30.3 Å². The second-order valence-corrected chi connectivity index (χ2v) is 8.43. The quantitative estimate of drug-likeness (QED) is 0.443. The molecule has 0 atom stereocenters. The van der Waals surface area contributed by atoms with E-state index in [1.165, 1.54) is 12.1 Å². The topological polar surface area (TPSA) is 75.4 Å². The Labute approximate surface area is 173 Å². The van der Waals surface area contributed by atoms with Crippen LogP contribution < -0.4 is 9.80 Å². The minimum absolute atomic E-state index is 0.0651. The largest absolute Gasteiger partial charge is 0.364 e. The highest BCUT2D eigenvalue weighted by atomic mass is 16.6. The third-order valence-corrected chi connectivity index (χ3v) is 4.88. The third-order valence-electron chi connectivity index (χ3n) is 4.88. The lowest BCUT2D eigenvalue weighted by atomic mass is 10.1. The fraction of sp³-hybridized carbons (Fsp3) is 0.545. The fourth-order valence-electron chi connectivity index (χ4n) is 3.88. The normalized spacial score (nSPS) is 11.6. The maximum Gasteiger partial charge on any atom is 0.269 e. The number of benzene rings is 1. The Kier molecular flexibility index (Phi) is 7.16. The van der Waals surface area contributed by atoms with Crippen molar-refractivity contribution in [2.24, 2.45) is 0 Å². The Balaban J connectivity index is 2.66. The number of hydrogen-bond acceptors (Lipinski definition) is 6. The van der Waals surface area contributed by atoms with Crippen molar-refractivity contribution in [3.63, 3.8) is 0 Å². The fourth-order valence-corrected chi connectivity index (χ4v) is 3.88. The van der Waals surface area contributed by atoms with Gasteiger partial charge in [0.25, 0.3) is 5.69 Å². The second-order valence-electron chi connectivity index (χ2n) is 8.43. The average Bonchev–Trinajstić information content (AvgIpc) is 2.62. The predicted octanol–water partition coefficient (Wildman–Crippen LogP) is 5.30. The van der Waals surface area contributed by atoms with Crippen LogP contribution in [0.2, 0.25) is 0 Å². The molecule has 0 radical (unpaired) electrons. The molecule has 0 saturated heterocycles. The van der Waals surface area contributed by atoms with Crippen molar-refractivity contribution in [3.8, 4) is 11.3 Å². The number of nitro groups is 1. The van der Waals surface area contributed by atoms with Gasteiger partial charge in [-0.25, -0.2) is 0 Å². The van der Waals surface area contributed by atoms with E-state index in [1.54, 1.807) is 12.1 Å². The summed E-state index contributed by atoms with van der Waals surface area (Å²) in [5, 5.41) is 20.1. The lowest BCUT2D eigenvalue weighted by Crippen LogP contribution is -2.42. The minimum Gasteiger partial charge on any atom is -0.364 e. The summed E-state index contributed by atoms with van der Waals surface area (Å²) in [6.07, 6.45) is 0. The van der Waals surface area contributed by atoms with Gasteiger partial charge in [0.15, 0.2) is 5.82 Å². The predicted molar refractivity (Wildman–Crippen MR) is 120 cm³/mol. The summed E-state index contributed by atoms with van der Waals surface area (Å²) in [7, 11) is 0. The van der Waals surface area contributed by atoms with Crippen LogP contribution in [0, 0.1) is 10.1 Å². The van der Waals surface area contributed by atoms with Crippen molar-refractivity contribution in [2.75, 3.05) is 9.80 Å². The number of hydrogen-bond donors (Lipinski definition) is 0. The first-order valence-electron chi connectivity index (χ1n) is 10.2. The average molecular weight is 400 g/mol. The number of nitro benzene ring substituents is 1. The highest BCUT2D eigenvalue weighted by Gasteiger charge is 2.26.